The Labute approximate surface area is 357 Å². The average Bonchev–Trinajstić information content (AvgIpc) is 4.04. The minimum atomic E-state index is -0.331. The maximum absolute atomic E-state index is 12.6. The van der Waals surface area contributed by atoms with E-state index in [1.807, 2.05) is 34.1 Å². The van der Waals surface area contributed by atoms with Gasteiger partial charge in [-0.25, -0.2) is 9.59 Å². The number of nitrogens with zero attached hydrogens (tertiary/aromatic N) is 4. The first kappa shape index (κ1) is 41.1. The minimum absolute atomic E-state index is 0.200. The number of amides is 4. The number of primary amides is 2. The number of rotatable bonds is 18. The van der Waals surface area contributed by atoms with Gasteiger partial charge in [0.15, 0.2) is 11.5 Å². The summed E-state index contributed by atoms with van der Waals surface area (Å²) in [6.45, 7) is 4.44. The summed E-state index contributed by atoms with van der Waals surface area (Å²) in [5.41, 5.74) is 18.1. The highest BCUT2D eigenvalue weighted by molar-refractivity contribution is 5.72. The Morgan fingerprint density at radius 1 is 0.500 bits per heavy atom. The summed E-state index contributed by atoms with van der Waals surface area (Å²) < 4.78 is 12.4. The summed E-state index contributed by atoms with van der Waals surface area (Å²) in [5.74, 6) is 2.80. The Balaban J connectivity index is 0.662. The fourth-order valence-electron chi connectivity index (χ4n) is 12.5. The standard InChI is InChI=1S/C50H68N6O4/c51-49(57)53(37-19-15-35(16-20-37)27-31-55-43-23-24-44(55)40-10-2-1-9-39(40)43)29-7-33-59-47-13-5-6-14-48(47)60-34-8-30-54(50(52)58)38-21-17-36(18-22-38)28-32-56-45-25-26-46(56)42-12-4-3-11-41(42)45/h1-6,9-14,35-38,43-46H,7-8,15-34H2,(H2,51,57)(H2,52,58)/t35?,36?,37?,38?,43-,44+,45-,46+. The molecule has 4 aliphatic heterocycles. The zero-order valence-electron chi connectivity index (χ0n) is 35.7. The van der Waals surface area contributed by atoms with E-state index in [-0.39, 0.29) is 24.1 Å². The van der Waals surface area contributed by atoms with E-state index in [0.717, 1.165) is 51.4 Å². The van der Waals surface area contributed by atoms with Gasteiger partial charge >= 0.3 is 12.1 Å². The molecule has 0 radical (unpaired) electrons. The van der Waals surface area contributed by atoms with Crippen molar-refractivity contribution in [2.24, 2.45) is 23.3 Å². The van der Waals surface area contributed by atoms with Gasteiger partial charge in [-0.3, -0.25) is 9.80 Å². The van der Waals surface area contributed by atoms with E-state index >= 15 is 0 Å². The van der Waals surface area contributed by atoms with Crippen molar-refractivity contribution in [1.29, 1.82) is 0 Å². The number of nitrogens with two attached hydrogens (primary N) is 2. The maximum Gasteiger partial charge on any atom is 0.315 e. The summed E-state index contributed by atoms with van der Waals surface area (Å²) in [4.78, 5) is 34.5. The van der Waals surface area contributed by atoms with Crippen molar-refractivity contribution in [3.8, 4) is 11.5 Å². The fraction of sp³-hybridized carbons (Fsp3) is 0.600. The number of carbonyl (C=O) groups is 2. The molecule has 4 heterocycles. The molecule has 322 valence electrons. The quantitative estimate of drug-likeness (QED) is 0.124. The second-order valence-corrected chi connectivity index (χ2v) is 18.8. The predicted molar refractivity (Wildman–Crippen MR) is 236 cm³/mol. The van der Waals surface area contributed by atoms with E-state index in [9.17, 15) is 9.59 Å². The van der Waals surface area contributed by atoms with Crippen LogP contribution in [0.25, 0.3) is 0 Å². The first-order chi connectivity index (χ1) is 29.4. The lowest BCUT2D eigenvalue weighted by Gasteiger charge is -2.37. The van der Waals surface area contributed by atoms with Crippen LogP contribution in [0.5, 0.6) is 11.5 Å². The van der Waals surface area contributed by atoms with E-state index in [0.29, 0.717) is 86.6 Å². The van der Waals surface area contributed by atoms with Gasteiger partial charge in [-0.15, -0.1) is 0 Å². The highest BCUT2D eigenvalue weighted by Crippen LogP contribution is 2.54. The van der Waals surface area contributed by atoms with Gasteiger partial charge in [-0.05, 0) is 162 Å². The zero-order valence-corrected chi connectivity index (χ0v) is 35.7. The number of urea groups is 2. The molecular weight excluding hydrogens is 749 g/mol. The number of para-hydroxylation sites is 2. The van der Waals surface area contributed by atoms with Crippen LogP contribution < -0.4 is 20.9 Å². The maximum atomic E-state index is 12.6. The first-order valence-corrected chi connectivity index (χ1v) is 23.6. The van der Waals surface area contributed by atoms with E-state index in [4.69, 9.17) is 20.9 Å². The number of fused-ring (bicyclic) bond motifs is 10. The van der Waals surface area contributed by atoms with Gasteiger partial charge in [-0.2, -0.15) is 0 Å². The SMILES string of the molecule is NC(=O)N(CCCOc1ccccc1OCCCN(C(N)=O)C1CCC(CCN2[C@@H]3CC[C@H]2c2ccccc23)CC1)C1CCC(CCN2[C@@H]3CC[C@H]2c2ccccc23)CC1. The van der Waals surface area contributed by atoms with Crippen LogP contribution in [0.15, 0.2) is 72.8 Å². The summed E-state index contributed by atoms with van der Waals surface area (Å²) in [6, 6.07) is 28.0. The molecule has 0 aromatic heterocycles. The molecular formula is C50H68N6O4. The number of hydrogen-bond acceptors (Lipinski definition) is 6. The molecule has 2 saturated heterocycles. The Hall–Kier alpha value is -4.28. The normalized spacial score (nSPS) is 28.0. The van der Waals surface area contributed by atoms with Crippen LogP contribution in [0.4, 0.5) is 9.59 Å². The molecule has 2 saturated carbocycles. The molecule has 9 rings (SSSR count). The van der Waals surface area contributed by atoms with Gasteiger partial charge in [0.2, 0.25) is 0 Å². The molecule has 3 aromatic carbocycles. The Morgan fingerprint density at radius 3 is 1.17 bits per heavy atom. The highest BCUT2D eigenvalue weighted by atomic mass is 16.5. The summed E-state index contributed by atoms with van der Waals surface area (Å²) in [5, 5.41) is 0. The van der Waals surface area contributed by atoms with Crippen molar-refractivity contribution < 1.29 is 19.1 Å². The van der Waals surface area contributed by atoms with Crippen LogP contribution in [-0.4, -0.2) is 83.1 Å². The van der Waals surface area contributed by atoms with E-state index in [1.54, 1.807) is 22.3 Å². The number of benzene rings is 3. The molecule has 0 unspecified atom stereocenters. The molecule has 0 spiro atoms. The largest absolute Gasteiger partial charge is 0.490 e. The first-order valence-electron chi connectivity index (χ1n) is 23.6. The minimum Gasteiger partial charge on any atom is -0.490 e. The molecule has 4 N–H and O–H groups in total. The van der Waals surface area contributed by atoms with Crippen LogP contribution in [0, 0.1) is 11.8 Å². The molecule has 2 aliphatic carbocycles. The van der Waals surface area contributed by atoms with Gasteiger partial charge in [0, 0.05) is 49.3 Å². The highest BCUT2D eigenvalue weighted by Gasteiger charge is 2.44. The van der Waals surface area contributed by atoms with E-state index in [1.165, 1.54) is 51.6 Å². The molecule has 60 heavy (non-hydrogen) atoms. The fourth-order valence-corrected chi connectivity index (χ4v) is 12.5. The molecule has 6 aliphatic rings. The second kappa shape index (κ2) is 18.8. The van der Waals surface area contributed by atoms with Crippen molar-refractivity contribution in [3.63, 3.8) is 0 Å². The third kappa shape index (κ3) is 8.74. The lowest BCUT2D eigenvalue weighted by atomic mass is 9.83. The Kier molecular flexibility index (Phi) is 12.9. The van der Waals surface area contributed by atoms with Crippen molar-refractivity contribution in [1.82, 2.24) is 19.6 Å². The molecule has 4 amide bonds. The number of carbonyl (C=O) groups excluding carboxylic acids is 2. The molecule has 3 aromatic rings. The predicted octanol–water partition coefficient (Wildman–Crippen LogP) is 9.67. The summed E-state index contributed by atoms with van der Waals surface area (Å²) >= 11 is 0. The zero-order chi connectivity index (χ0) is 41.0. The monoisotopic (exact) mass is 817 g/mol. The third-order valence-electron chi connectivity index (χ3n) is 15.6. The average molecular weight is 817 g/mol. The van der Waals surface area contributed by atoms with Gasteiger partial charge in [0.05, 0.1) is 13.2 Å². The molecule has 4 fully saturated rings. The Bertz CT molecular complexity index is 1730. The summed E-state index contributed by atoms with van der Waals surface area (Å²) in [7, 11) is 0. The van der Waals surface area contributed by atoms with Crippen molar-refractivity contribution in [2.75, 3.05) is 39.4 Å². The molecule has 10 heteroatoms. The van der Waals surface area contributed by atoms with Crippen molar-refractivity contribution in [2.45, 2.75) is 139 Å². The number of ether oxygens (including phenoxy) is 2. The third-order valence-corrected chi connectivity index (χ3v) is 15.6. The van der Waals surface area contributed by atoms with Gasteiger partial charge in [0.1, 0.15) is 0 Å². The van der Waals surface area contributed by atoms with Gasteiger partial charge < -0.3 is 30.7 Å². The topological polar surface area (TPSA) is 118 Å². The van der Waals surface area contributed by atoms with Crippen LogP contribution in [0.2, 0.25) is 0 Å². The van der Waals surface area contributed by atoms with Gasteiger partial charge in [0.25, 0.3) is 0 Å². The van der Waals surface area contributed by atoms with E-state index < -0.39 is 0 Å². The lowest BCUT2D eigenvalue weighted by Crippen LogP contribution is -2.46. The molecule has 10 nitrogen and oxygen atoms in total. The van der Waals surface area contributed by atoms with Crippen LogP contribution >= 0.6 is 0 Å². The summed E-state index contributed by atoms with van der Waals surface area (Å²) in [6.07, 6.45) is 17.7. The van der Waals surface area contributed by atoms with Crippen LogP contribution in [0.1, 0.15) is 149 Å². The van der Waals surface area contributed by atoms with Crippen molar-refractivity contribution >= 4 is 12.1 Å². The number of hydrogen-bond donors (Lipinski definition) is 2. The Morgan fingerprint density at radius 2 is 0.833 bits per heavy atom. The van der Waals surface area contributed by atoms with Crippen molar-refractivity contribution in [3.05, 3.63) is 95.1 Å². The molecule has 4 atom stereocenters. The smallest absolute Gasteiger partial charge is 0.315 e. The lowest BCUT2D eigenvalue weighted by molar-refractivity contribution is 0.131. The van der Waals surface area contributed by atoms with Crippen LogP contribution in [-0.2, 0) is 0 Å². The van der Waals surface area contributed by atoms with Gasteiger partial charge in [-0.1, -0.05) is 60.7 Å². The second-order valence-electron chi connectivity index (χ2n) is 18.8. The van der Waals surface area contributed by atoms with Crippen LogP contribution in [0.3, 0.4) is 0 Å². The molecule has 4 bridgehead atoms. The van der Waals surface area contributed by atoms with E-state index in [2.05, 4.69) is 58.3 Å².